The molecule has 111 heavy (non-hydrogen) atoms. The van der Waals surface area contributed by atoms with Crippen molar-refractivity contribution in [3.63, 3.8) is 0 Å². The highest BCUT2D eigenvalue weighted by Crippen LogP contribution is 2.43. The van der Waals surface area contributed by atoms with Crippen molar-refractivity contribution in [2.45, 2.75) is 149 Å². The van der Waals surface area contributed by atoms with Gasteiger partial charge in [-0.2, -0.15) is 40.5 Å². The molecule has 0 radical (unpaired) electrons. The van der Waals surface area contributed by atoms with Crippen LogP contribution in [0.25, 0.3) is 33.4 Å². The van der Waals surface area contributed by atoms with Gasteiger partial charge in [-0.3, -0.25) is 14.0 Å². The van der Waals surface area contributed by atoms with Gasteiger partial charge >= 0.3 is 18.1 Å². The minimum absolute atomic E-state index is 0.115. The van der Waals surface area contributed by atoms with Crippen molar-refractivity contribution in [1.29, 1.82) is 0 Å². The summed E-state index contributed by atoms with van der Waals surface area (Å²) in [6.07, 6.45) is 21.1. The number of carbonyl (C=O) groups excluding carboxylic acids is 3. The molecular formula is C77H94N18O13S3. The van der Waals surface area contributed by atoms with Gasteiger partial charge in [-0.05, 0) is 228 Å². The number of sulfonamides is 3. The van der Waals surface area contributed by atoms with E-state index in [0.29, 0.717) is 72.1 Å². The average Bonchev–Trinajstić information content (AvgIpc) is 1.76. The van der Waals surface area contributed by atoms with E-state index in [2.05, 4.69) is 77.4 Å². The summed E-state index contributed by atoms with van der Waals surface area (Å²) in [5, 5.41) is 20.5. The van der Waals surface area contributed by atoms with Crippen LogP contribution in [0, 0.1) is 0 Å². The van der Waals surface area contributed by atoms with E-state index in [1.54, 1.807) is 64.4 Å². The summed E-state index contributed by atoms with van der Waals surface area (Å²) >= 11 is 0. The van der Waals surface area contributed by atoms with Crippen LogP contribution in [0.2, 0.25) is 0 Å². The Morgan fingerprint density at radius 1 is 0.514 bits per heavy atom. The molecule has 9 aromatic rings. The van der Waals surface area contributed by atoms with E-state index in [1.807, 2.05) is 127 Å². The van der Waals surface area contributed by atoms with Crippen molar-refractivity contribution < 1.29 is 58.6 Å². The highest BCUT2D eigenvalue weighted by atomic mass is 32.2. The number of methoxy groups -OCH3 is 1. The normalized spacial score (nSPS) is 16.1. The lowest BCUT2D eigenvalue weighted by Gasteiger charge is -2.28. The van der Waals surface area contributed by atoms with Crippen LogP contribution in [-0.2, 0) is 73.3 Å². The Bertz CT molecular complexity index is 5100. The number of nitrogens with one attached hydrogen (secondary N) is 6. The molecule has 1 unspecified atom stereocenters. The summed E-state index contributed by atoms with van der Waals surface area (Å²) < 4.78 is 112. The molecule has 6 aromatic heterocycles. The number of amides is 6. The van der Waals surface area contributed by atoms with Gasteiger partial charge in [0, 0.05) is 104 Å². The van der Waals surface area contributed by atoms with Gasteiger partial charge in [0.15, 0.2) is 15.1 Å². The second-order valence-corrected chi connectivity index (χ2v) is 35.2. The first-order valence-corrected chi connectivity index (χ1v) is 41.3. The highest BCUT2D eigenvalue weighted by molar-refractivity contribution is 7.90. The maximum Gasteiger partial charge on any atom is 0.333 e. The number of fused-ring (bicyclic) bond motifs is 3. The number of ether oxygens (including phenoxy) is 4. The zero-order valence-electron chi connectivity index (χ0n) is 63.8. The van der Waals surface area contributed by atoms with Crippen LogP contribution >= 0.6 is 0 Å². The molecule has 588 valence electrons. The number of hydrogen-bond acceptors (Lipinski definition) is 22. The van der Waals surface area contributed by atoms with Gasteiger partial charge in [-0.15, -0.1) is 0 Å². The molecule has 8 heterocycles. The van der Waals surface area contributed by atoms with E-state index < -0.39 is 59.2 Å². The van der Waals surface area contributed by atoms with Crippen LogP contribution in [0.1, 0.15) is 106 Å². The van der Waals surface area contributed by atoms with E-state index in [9.17, 15) is 39.6 Å². The number of carbonyl (C=O) groups is 3. The number of aromatic nitrogens is 9. The minimum atomic E-state index is -4.22. The molecule has 15 rings (SSSR count). The number of pyridine rings is 3. The monoisotopic (exact) mass is 1570 g/mol. The molecule has 31 nitrogen and oxygen atoms in total. The Hall–Kier alpha value is -10.5. The third kappa shape index (κ3) is 18.9. The second kappa shape index (κ2) is 32.4. The number of urea groups is 3. The van der Waals surface area contributed by atoms with Gasteiger partial charge in [0.05, 0.1) is 47.9 Å². The van der Waals surface area contributed by atoms with Crippen LogP contribution in [0.4, 0.5) is 31.4 Å². The van der Waals surface area contributed by atoms with Gasteiger partial charge < -0.3 is 49.6 Å². The summed E-state index contributed by atoms with van der Waals surface area (Å²) in [5.41, 5.74) is 10.6. The number of likely N-dealkylation sites (N-methyl/N-ethyl adjacent to an activating group) is 3. The molecule has 0 bridgehead atoms. The number of rotatable bonds is 24. The van der Waals surface area contributed by atoms with Crippen LogP contribution in [0.5, 0.6) is 23.4 Å². The Balaban J connectivity index is 0.000000146. The second-order valence-electron chi connectivity index (χ2n) is 30.3. The van der Waals surface area contributed by atoms with Crippen molar-refractivity contribution in [3.8, 4) is 56.8 Å². The fraction of sp³-hybridized carbons (Fsp3) is 0.416. The molecule has 6 N–H and O–H groups in total. The van der Waals surface area contributed by atoms with Crippen molar-refractivity contribution >= 4 is 65.2 Å². The van der Waals surface area contributed by atoms with E-state index in [4.69, 9.17) is 18.9 Å². The fourth-order valence-electron chi connectivity index (χ4n) is 14.4. The number of likely N-dealkylation sites (tertiary alicyclic amines) is 1. The van der Waals surface area contributed by atoms with Crippen molar-refractivity contribution in [3.05, 3.63) is 156 Å². The lowest BCUT2D eigenvalue weighted by molar-refractivity contribution is 0.220. The molecule has 2 aliphatic heterocycles. The van der Waals surface area contributed by atoms with Crippen LogP contribution < -0.4 is 49.1 Å². The summed E-state index contributed by atoms with van der Waals surface area (Å²) in [6, 6.07) is 24.4. The molecule has 6 aliphatic rings. The SMILES string of the molecule is CN(C)CC(C)(C)n1ccc(S(=O)(=O)NC(=O)Nc2c(-c3ccnc(OC4CC4)c3)ccc3c2CCC3)n1.CN(C)CC(C)(C)n1ccc(S(=O)(=O)NC(=O)Nc2c(-c3ccnc(OC4CC4)c3)ccc3c2CCO3)n1.COc1cc(-c2ccc3c(c2NC(=O)NS(=O)(=O)c2ccn(C4CCN(C)C4)n2)CCC3)ccn1. The quantitative estimate of drug-likeness (QED) is 0.0327. The van der Waals surface area contributed by atoms with Gasteiger partial charge in [0.25, 0.3) is 30.1 Å². The lowest BCUT2D eigenvalue weighted by Crippen LogP contribution is -2.38. The third-order valence-corrected chi connectivity index (χ3v) is 23.4. The number of hydrogen-bond donors (Lipinski definition) is 6. The molecular weight excluding hydrogens is 1480 g/mol. The molecule has 0 spiro atoms. The first kappa shape index (κ1) is 78.6. The number of aryl methyl sites for hydroxylation is 2. The zero-order chi connectivity index (χ0) is 78.7. The molecule has 2 saturated carbocycles. The standard InChI is InChI=1S/C27H34N6O4S.C26H32N6O5S.C24H28N6O4S/c1-27(2,17-32(3)4)33-15-13-24(30-33)38(35,36)31-26(34)29-25-21-7-5-6-18(21)8-11-22(25)19-12-14-28-23(16-19)37-20-9-10-20;1-26(2,16-31(3)4)32-13-10-23(29-32)38(34,35)30-25(33)28-24-19(7-8-21-20(24)11-14-36-21)17-9-12-27-22(15-17)37-18-5-6-18;1-29-12-9-18(15-29)30-13-10-22(27-30)35(32,33)28-24(31)26-23-19-5-3-4-16(19)6-7-20(23)17-8-11-25-21(14-17)34-2/h8,11-16,20H,5-7,9-10,17H2,1-4H3,(H2,29,31,34);7-10,12-13,15,18H,5-6,11,14,16H2,1-4H3,(H2,28,30,33);6-8,10-11,13-14,18H,3-5,9,12,15H2,1-2H3,(H2,26,28,31). The Labute approximate surface area is 646 Å². The van der Waals surface area contributed by atoms with E-state index in [0.717, 1.165) is 139 Å². The predicted molar refractivity (Wildman–Crippen MR) is 418 cm³/mol. The first-order chi connectivity index (χ1) is 52.9. The Morgan fingerprint density at radius 2 is 0.928 bits per heavy atom. The average molecular weight is 1580 g/mol. The van der Waals surface area contributed by atoms with Gasteiger partial charge in [-0.25, -0.2) is 43.5 Å². The molecule has 6 amide bonds. The zero-order valence-corrected chi connectivity index (χ0v) is 66.2. The van der Waals surface area contributed by atoms with Crippen LogP contribution in [0.15, 0.2) is 143 Å². The summed E-state index contributed by atoms with van der Waals surface area (Å²) in [7, 11) is -1.25. The predicted octanol–water partition coefficient (Wildman–Crippen LogP) is 9.84. The first-order valence-electron chi connectivity index (χ1n) is 36.9. The molecule has 4 aliphatic carbocycles. The lowest BCUT2D eigenvalue weighted by atomic mass is 9.98. The molecule has 34 heteroatoms. The molecule has 1 saturated heterocycles. The molecule has 3 fully saturated rings. The third-order valence-electron chi connectivity index (χ3n) is 19.7. The largest absolute Gasteiger partial charge is 0.493 e. The maximum atomic E-state index is 13.1. The van der Waals surface area contributed by atoms with E-state index in [-0.39, 0.29) is 33.3 Å². The van der Waals surface area contributed by atoms with E-state index in [1.165, 1.54) is 18.2 Å². The summed E-state index contributed by atoms with van der Waals surface area (Å²) in [6.45, 7) is 11.4. The molecule has 1 atom stereocenters. The summed E-state index contributed by atoms with van der Waals surface area (Å²) in [5.74, 6) is 2.14. The van der Waals surface area contributed by atoms with Crippen LogP contribution in [0.3, 0.4) is 0 Å². The number of benzene rings is 3. The van der Waals surface area contributed by atoms with Crippen molar-refractivity contribution in [2.75, 3.05) is 91.1 Å². The number of anilines is 3. The van der Waals surface area contributed by atoms with E-state index >= 15 is 0 Å². The smallest absolute Gasteiger partial charge is 0.333 e. The topological polar surface area (TPSA) is 365 Å². The van der Waals surface area contributed by atoms with Crippen LogP contribution in [-0.4, -0.2) is 190 Å². The highest BCUT2D eigenvalue weighted by Gasteiger charge is 2.34. The fourth-order valence-corrected chi connectivity index (χ4v) is 17.0. The minimum Gasteiger partial charge on any atom is -0.493 e. The van der Waals surface area contributed by atoms with Gasteiger partial charge in [0.2, 0.25) is 17.6 Å². The Kier molecular flexibility index (Phi) is 23.0. The van der Waals surface area contributed by atoms with Gasteiger partial charge in [0.1, 0.15) is 18.0 Å². The molecule has 3 aromatic carbocycles. The van der Waals surface area contributed by atoms with Crippen molar-refractivity contribution in [1.82, 2.24) is 73.2 Å². The number of nitrogens with zero attached hydrogens (tertiary/aromatic N) is 12. The van der Waals surface area contributed by atoms with Gasteiger partial charge in [-0.1, -0.05) is 24.3 Å². The van der Waals surface area contributed by atoms with Crippen molar-refractivity contribution in [2.24, 2.45) is 0 Å². The maximum absolute atomic E-state index is 13.1. The Morgan fingerprint density at radius 3 is 1.35 bits per heavy atom. The summed E-state index contributed by atoms with van der Waals surface area (Å²) in [4.78, 5) is 58.0.